The van der Waals surface area contributed by atoms with E-state index in [4.69, 9.17) is 4.74 Å². The molecule has 1 saturated carbocycles. The zero-order valence-electron chi connectivity index (χ0n) is 18.3. The van der Waals surface area contributed by atoms with Gasteiger partial charge in [-0.05, 0) is 52.8 Å². The Kier molecular flexibility index (Phi) is 4.59. The number of aliphatic hydroxyl groups excluding tert-OH is 1. The lowest BCUT2D eigenvalue weighted by Crippen LogP contribution is -2.67. The molecule has 2 saturated heterocycles. The number of fused-ring (bicyclic) bond motifs is 5. The lowest BCUT2D eigenvalue weighted by Gasteiger charge is -2.63. The molecule has 2 bridgehead atoms. The van der Waals surface area contributed by atoms with Crippen LogP contribution in [-0.4, -0.2) is 42.4 Å². The van der Waals surface area contributed by atoms with Gasteiger partial charge in [0.25, 0.3) is 0 Å². The molecule has 3 aromatic carbocycles. The third-order valence-electron chi connectivity index (χ3n) is 7.83. The van der Waals surface area contributed by atoms with Crippen LogP contribution in [0, 0.1) is 11.2 Å². The number of ether oxygens (including phenoxy) is 1. The highest BCUT2D eigenvalue weighted by Gasteiger charge is 2.61. The average molecular weight is 444 g/mol. The van der Waals surface area contributed by atoms with Crippen LogP contribution in [0.15, 0.2) is 72.8 Å². The minimum Gasteiger partial charge on any atom is -0.448 e. The van der Waals surface area contributed by atoms with E-state index in [0.717, 1.165) is 18.4 Å². The first-order chi connectivity index (χ1) is 16.0. The van der Waals surface area contributed by atoms with Gasteiger partial charge in [-0.25, -0.2) is 9.18 Å². The van der Waals surface area contributed by atoms with Crippen molar-refractivity contribution < 1.29 is 19.0 Å². The van der Waals surface area contributed by atoms with E-state index in [1.165, 1.54) is 34.4 Å². The van der Waals surface area contributed by atoms with Gasteiger partial charge >= 0.3 is 6.09 Å². The number of nitrogens with zero attached hydrogens (tertiary/aromatic N) is 1. The highest BCUT2D eigenvalue weighted by molar-refractivity contribution is 5.79. The third kappa shape index (κ3) is 3.17. The minimum absolute atomic E-state index is 0.0125. The summed E-state index contributed by atoms with van der Waals surface area (Å²) in [5, 5.41) is 10.1. The molecule has 3 fully saturated rings. The van der Waals surface area contributed by atoms with E-state index < -0.39 is 0 Å². The molecule has 33 heavy (non-hydrogen) atoms. The Hall–Kier alpha value is -3.18. The number of hydrogen-bond acceptors (Lipinski definition) is 3. The molecule has 0 atom stereocenters. The maximum absolute atomic E-state index is 13.5. The van der Waals surface area contributed by atoms with Crippen LogP contribution in [0.25, 0.3) is 11.1 Å². The van der Waals surface area contributed by atoms with Crippen molar-refractivity contribution in [3.8, 4) is 11.1 Å². The lowest BCUT2D eigenvalue weighted by atomic mass is 9.48. The molecule has 0 spiro atoms. The lowest BCUT2D eigenvalue weighted by molar-refractivity contribution is -0.106. The van der Waals surface area contributed by atoms with Crippen LogP contribution in [0.4, 0.5) is 9.18 Å². The summed E-state index contributed by atoms with van der Waals surface area (Å²) in [5.41, 5.74) is 5.22. The predicted octanol–water partition coefficient (Wildman–Crippen LogP) is 5.10. The third-order valence-corrected chi connectivity index (χ3v) is 7.83. The smallest absolute Gasteiger partial charge is 0.409 e. The first-order valence-corrected chi connectivity index (χ1v) is 11.5. The maximum Gasteiger partial charge on any atom is 0.409 e. The summed E-state index contributed by atoms with van der Waals surface area (Å²) in [7, 11) is 0. The predicted molar refractivity (Wildman–Crippen MR) is 123 cm³/mol. The Labute approximate surface area is 192 Å². The summed E-state index contributed by atoms with van der Waals surface area (Å²) in [4.78, 5) is 14.9. The summed E-state index contributed by atoms with van der Waals surface area (Å²) in [6.07, 6.45) is 1.26. The molecule has 168 valence electrons. The van der Waals surface area contributed by atoms with Crippen LogP contribution in [-0.2, 0) is 10.2 Å². The molecule has 0 unspecified atom stereocenters. The fraction of sp³-hybridized carbons (Fsp3) is 0.321. The van der Waals surface area contributed by atoms with Crippen LogP contribution < -0.4 is 0 Å². The molecule has 0 radical (unpaired) electrons. The van der Waals surface area contributed by atoms with Crippen molar-refractivity contribution in [2.75, 3.05) is 26.3 Å². The number of carbonyl (C=O) groups is 1. The van der Waals surface area contributed by atoms with Gasteiger partial charge in [0.2, 0.25) is 0 Å². The molecule has 4 nitrogen and oxygen atoms in total. The van der Waals surface area contributed by atoms with E-state index in [9.17, 15) is 14.3 Å². The fourth-order valence-electron chi connectivity index (χ4n) is 6.51. The molecule has 2 heterocycles. The average Bonchev–Trinajstić information content (AvgIpc) is 3.16. The van der Waals surface area contributed by atoms with Crippen LogP contribution in [0.3, 0.4) is 0 Å². The Balaban J connectivity index is 1.21. The van der Waals surface area contributed by atoms with E-state index in [0.29, 0.717) is 13.1 Å². The van der Waals surface area contributed by atoms with E-state index in [1.54, 1.807) is 17.0 Å². The molecule has 1 amide bonds. The van der Waals surface area contributed by atoms with Crippen molar-refractivity contribution >= 4 is 6.09 Å². The largest absolute Gasteiger partial charge is 0.448 e. The SMILES string of the molecule is O=C(OCC1c2ccccc2-c2ccccc21)N1CC2(CO)CC(c3ccc(F)cc3)(C1)C2. The van der Waals surface area contributed by atoms with Gasteiger partial charge in [-0.3, -0.25) is 0 Å². The number of aliphatic hydroxyl groups is 1. The van der Waals surface area contributed by atoms with Crippen molar-refractivity contribution in [3.63, 3.8) is 0 Å². The highest BCUT2D eigenvalue weighted by atomic mass is 19.1. The highest BCUT2D eigenvalue weighted by Crippen LogP contribution is 2.59. The molecule has 0 aromatic heterocycles. The summed E-state index contributed by atoms with van der Waals surface area (Å²) in [6.45, 7) is 1.32. The Morgan fingerprint density at radius 2 is 1.55 bits per heavy atom. The van der Waals surface area contributed by atoms with Crippen molar-refractivity contribution in [1.29, 1.82) is 0 Å². The molecule has 2 aliphatic carbocycles. The molecule has 1 N–H and O–H groups in total. The number of carbonyl (C=O) groups excluding carboxylic acids is 1. The van der Waals surface area contributed by atoms with E-state index >= 15 is 0 Å². The van der Waals surface area contributed by atoms with Gasteiger partial charge in [0.1, 0.15) is 12.4 Å². The second-order valence-electron chi connectivity index (χ2n) is 9.96. The quantitative estimate of drug-likeness (QED) is 0.610. The summed E-state index contributed by atoms with van der Waals surface area (Å²) in [6, 6.07) is 23.1. The summed E-state index contributed by atoms with van der Waals surface area (Å²) >= 11 is 0. The van der Waals surface area contributed by atoms with Crippen molar-refractivity contribution in [2.24, 2.45) is 5.41 Å². The minimum atomic E-state index is -0.347. The maximum atomic E-state index is 13.5. The van der Waals surface area contributed by atoms with E-state index in [2.05, 4.69) is 24.3 Å². The van der Waals surface area contributed by atoms with Crippen LogP contribution >= 0.6 is 0 Å². The Morgan fingerprint density at radius 3 is 2.15 bits per heavy atom. The monoisotopic (exact) mass is 443 g/mol. The topological polar surface area (TPSA) is 49.8 Å². The number of rotatable bonds is 4. The van der Waals surface area contributed by atoms with Crippen LogP contribution in [0.1, 0.15) is 35.4 Å². The van der Waals surface area contributed by atoms with Gasteiger partial charge in [-0.15, -0.1) is 0 Å². The van der Waals surface area contributed by atoms with E-state index in [1.807, 2.05) is 24.3 Å². The Morgan fingerprint density at radius 1 is 0.939 bits per heavy atom. The molecule has 4 aliphatic rings. The molecular formula is C28H26FNO3. The summed E-state index contributed by atoms with van der Waals surface area (Å²) in [5.74, 6) is -0.259. The Bertz CT molecular complexity index is 1170. The van der Waals surface area contributed by atoms with Gasteiger partial charge in [-0.1, -0.05) is 60.7 Å². The van der Waals surface area contributed by atoms with Gasteiger partial charge in [0.15, 0.2) is 0 Å². The van der Waals surface area contributed by atoms with Crippen LogP contribution in [0.5, 0.6) is 0 Å². The van der Waals surface area contributed by atoms with Crippen LogP contribution in [0.2, 0.25) is 0 Å². The molecular weight excluding hydrogens is 417 g/mol. The molecule has 5 heteroatoms. The number of amides is 1. The van der Waals surface area contributed by atoms with Gasteiger partial charge in [-0.2, -0.15) is 0 Å². The normalized spacial score (nSPS) is 25.2. The number of halogens is 1. The zero-order chi connectivity index (χ0) is 22.6. The second-order valence-corrected chi connectivity index (χ2v) is 9.96. The van der Waals surface area contributed by atoms with Gasteiger partial charge in [0, 0.05) is 29.8 Å². The molecule has 3 aromatic rings. The molecule has 2 aliphatic heterocycles. The van der Waals surface area contributed by atoms with Gasteiger partial charge < -0.3 is 14.7 Å². The number of benzene rings is 3. The van der Waals surface area contributed by atoms with Crippen molar-refractivity contribution in [1.82, 2.24) is 4.90 Å². The number of piperidine rings is 2. The first-order valence-electron chi connectivity index (χ1n) is 11.5. The number of hydrogen-bond donors (Lipinski definition) is 1. The zero-order valence-corrected chi connectivity index (χ0v) is 18.3. The van der Waals surface area contributed by atoms with Crippen molar-refractivity contribution in [2.45, 2.75) is 24.2 Å². The summed E-state index contributed by atoms with van der Waals surface area (Å²) < 4.78 is 19.4. The van der Waals surface area contributed by atoms with Crippen molar-refractivity contribution in [3.05, 3.63) is 95.3 Å². The standard InChI is InChI=1S/C28H26FNO3/c29-20-11-9-19(10-12-20)28-14-27(15-28,18-31)16-30(17-28)26(32)33-13-25-23-7-3-1-5-21(23)22-6-2-4-8-24(22)25/h1-12,25,31H,13-18H2. The fourth-order valence-corrected chi connectivity index (χ4v) is 6.51. The first kappa shape index (κ1) is 20.4. The van der Waals surface area contributed by atoms with E-state index in [-0.39, 0.29) is 41.9 Å². The second kappa shape index (κ2) is 7.42. The van der Waals surface area contributed by atoms with Gasteiger partial charge in [0.05, 0.1) is 6.61 Å². The molecule has 7 rings (SSSR count).